The van der Waals surface area contributed by atoms with E-state index < -0.39 is 35.0 Å². The molecule has 7 atom stereocenters. The summed E-state index contributed by atoms with van der Waals surface area (Å²) >= 11 is 0. The average molecular weight is 533 g/mol. The quantitative estimate of drug-likeness (QED) is 0.184. The van der Waals surface area contributed by atoms with Crippen molar-refractivity contribution in [3.05, 3.63) is 25.3 Å². The van der Waals surface area contributed by atoms with Crippen LogP contribution in [0.5, 0.6) is 0 Å². The zero-order chi connectivity index (χ0) is 28.1. The molecule has 3 aliphatic rings. The summed E-state index contributed by atoms with van der Waals surface area (Å²) in [5, 5.41) is 9.14. The van der Waals surface area contributed by atoms with E-state index in [2.05, 4.69) is 20.1 Å². The summed E-state index contributed by atoms with van der Waals surface area (Å²) in [5.41, 5.74) is -1.95. The van der Waals surface area contributed by atoms with Crippen molar-refractivity contribution in [1.82, 2.24) is 9.80 Å². The van der Waals surface area contributed by atoms with Crippen LogP contribution >= 0.6 is 0 Å². The van der Waals surface area contributed by atoms with Crippen LogP contribution in [0.25, 0.3) is 0 Å². The number of carbonyl (C=O) groups is 3. The molecule has 38 heavy (non-hydrogen) atoms. The first-order chi connectivity index (χ1) is 18.1. The minimum absolute atomic E-state index is 0.0197. The number of amides is 2. The summed E-state index contributed by atoms with van der Waals surface area (Å²) in [6.07, 6.45) is 9.37. The molecule has 0 aromatic heterocycles. The maximum atomic E-state index is 14.4. The Morgan fingerprint density at radius 1 is 1.26 bits per heavy atom. The molecule has 8 nitrogen and oxygen atoms in total. The number of esters is 1. The highest BCUT2D eigenvalue weighted by molar-refractivity contribution is 5.98. The topological polar surface area (TPSA) is 96.4 Å². The fourth-order valence-electron chi connectivity index (χ4n) is 7.05. The highest BCUT2D eigenvalue weighted by atomic mass is 16.6. The zero-order valence-corrected chi connectivity index (χ0v) is 23.8. The molecule has 2 amide bonds. The third kappa shape index (κ3) is 5.31. The first-order valence-corrected chi connectivity index (χ1v) is 14.4. The number of ether oxygens (including phenoxy) is 2. The summed E-state index contributed by atoms with van der Waals surface area (Å²) in [6.45, 7) is 16.8. The number of unbranched alkanes of at least 4 members (excludes halogenated alkanes) is 3. The Hall–Kier alpha value is -2.19. The van der Waals surface area contributed by atoms with Gasteiger partial charge in [0.1, 0.15) is 17.6 Å². The zero-order valence-electron chi connectivity index (χ0n) is 23.8. The Bertz CT molecular complexity index is 892. The highest BCUT2D eigenvalue weighted by Crippen LogP contribution is 2.65. The molecule has 0 aliphatic carbocycles. The van der Waals surface area contributed by atoms with Crippen LogP contribution in [-0.2, 0) is 23.9 Å². The smallest absolute Gasteiger partial charge is 0.312 e. The van der Waals surface area contributed by atoms with Crippen LogP contribution in [0.1, 0.15) is 79.1 Å². The third-order valence-electron chi connectivity index (χ3n) is 9.02. The van der Waals surface area contributed by atoms with Crippen molar-refractivity contribution < 1.29 is 29.0 Å². The van der Waals surface area contributed by atoms with E-state index in [1.807, 2.05) is 25.7 Å². The van der Waals surface area contributed by atoms with Gasteiger partial charge in [0.05, 0.1) is 18.1 Å². The molecule has 3 saturated heterocycles. The molecule has 0 radical (unpaired) electrons. The Kier molecular flexibility index (Phi) is 10.2. The predicted octanol–water partition coefficient (Wildman–Crippen LogP) is 3.87. The molecular weight excluding hydrogens is 484 g/mol. The van der Waals surface area contributed by atoms with Gasteiger partial charge in [-0.1, -0.05) is 45.3 Å². The van der Waals surface area contributed by atoms with E-state index in [1.54, 1.807) is 17.1 Å². The summed E-state index contributed by atoms with van der Waals surface area (Å²) in [6, 6.07) is -0.818. The maximum absolute atomic E-state index is 14.4. The summed E-state index contributed by atoms with van der Waals surface area (Å²) in [4.78, 5) is 45.5. The van der Waals surface area contributed by atoms with Gasteiger partial charge >= 0.3 is 5.97 Å². The molecule has 0 aromatic carbocycles. The fraction of sp³-hybridized carbons (Fsp3) is 0.767. The van der Waals surface area contributed by atoms with Crippen LogP contribution in [0.15, 0.2) is 25.3 Å². The van der Waals surface area contributed by atoms with E-state index in [-0.39, 0.29) is 37.0 Å². The summed E-state index contributed by atoms with van der Waals surface area (Å²) in [5.74, 6) is -2.29. The van der Waals surface area contributed by atoms with Crippen LogP contribution in [0.2, 0.25) is 0 Å². The van der Waals surface area contributed by atoms with Crippen LogP contribution < -0.4 is 0 Å². The third-order valence-corrected chi connectivity index (χ3v) is 9.02. The van der Waals surface area contributed by atoms with Crippen molar-refractivity contribution in [1.29, 1.82) is 0 Å². The van der Waals surface area contributed by atoms with Crippen molar-refractivity contribution in [3.63, 3.8) is 0 Å². The van der Waals surface area contributed by atoms with E-state index in [0.717, 1.165) is 25.7 Å². The van der Waals surface area contributed by atoms with Gasteiger partial charge in [-0.05, 0) is 51.9 Å². The molecule has 1 spiro atoms. The number of nitrogens with zero attached hydrogens (tertiary/aromatic N) is 2. The standard InChI is InChI=1S/C30H48N2O6/c1-7-10-19-37-28(36)24-23-26(34)32(17-13-11-12-14-18-33)25(30(23)20-21(4)29(24,6)38-30)27(35)31(16-9-3)22(5)15-8-2/h7,9,21-25,33H,1,3,8,10-20H2,2,4-6H3/t21?,22?,23-,24+,25?,29-,30?/m0/s1. The van der Waals surface area contributed by atoms with Crippen molar-refractivity contribution in [2.75, 3.05) is 26.3 Å². The Balaban J connectivity index is 2.01. The van der Waals surface area contributed by atoms with Gasteiger partial charge < -0.3 is 24.4 Å². The predicted molar refractivity (Wildman–Crippen MR) is 146 cm³/mol. The van der Waals surface area contributed by atoms with Crippen molar-refractivity contribution >= 4 is 17.8 Å². The Morgan fingerprint density at radius 3 is 2.61 bits per heavy atom. The lowest BCUT2D eigenvalue weighted by Gasteiger charge is -2.39. The van der Waals surface area contributed by atoms with Crippen LogP contribution in [0.4, 0.5) is 0 Å². The molecule has 3 aliphatic heterocycles. The molecule has 0 aromatic rings. The van der Waals surface area contributed by atoms with Crippen molar-refractivity contribution in [2.45, 2.75) is 102 Å². The van der Waals surface area contributed by atoms with E-state index >= 15 is 0 Å². The summed E-state index contributed by atoms with van der Waals surface area (Å²) < 4.78 is 12.4. The molecule has 4 unspecified atom stereocenters. The van der Waals surface area contributed by atoms with Gasteiger partial charge in [0.2, 0.25) is 11.8 Å². The van der Waals surface area contributed by atoms with Crippen molar-refractivity contribution in [2.24, 2.45) is 17.8 Å². The molecule has 3 heterocycles. The van der Waals surface area contributed by atoms with E-state index in [4.69, 9.17) is 14.6 Å². The molecule has 214 valence electrons. The molecule has 3 rings (SSSR count). The number of likely N-dealkylation sites (tertiary alicyclic amines) is 1. The monoisotopic (exact) mass is 532 g/mol. The van der Waals surface area contributed by atoms with Crippen LogP contribution in [-0.4, -0.2) is 82.3 Å². The largest absolute Gasteiger partial charge is 0.465 e. The average Bonchev–Trinajstić information content (AvgIpc) is 3.39. The molecular formula is C30H48N2O6. The van der Waals surface area contributed by atoms with E-state index in [0.29, 0.717) is 38.8 Å². The van der Waals surface area contributed by atoms with Gasteiger partial charge in [0.25, 0.3) is 0 Å². The first kappa shape index (κ1) is 30.4. The van der Waals surface area contributed by atoms with E-state index in [1.165, 1.54) is 0 Å². The second-order valence-electron chi connectivity index (χ2n) is 11.5. The number of rotatable bonds is 16. The fourth-order valence-corrected chi connectivity index (χ4v) is 7.05. The highest BCUT2D eigenvalue weighted by Gasteiger charge is 2.80. The number of aliphatic hydroxyl groups excluding tert-OH is 1. The molecule has 2 bridgehead atoms. The number of carbonyl (C=O) groups excluding carboxylic acids is 3. The number of fused-ring (bicyclic) bond motifs is 1. The molecule has 8 heteroatoms. The van der Waals surface area contributed by atoms with Gasteiger partial charge in [0.15, 0.2) is 0 Å². The minimum Gasteiger partial charge on any atom is -0.465 e. The Morgan fingerprint density at radius 2 is 1.97 bits per heavy atom. The lowest BCUT2D eigenvalue weighted by atomic mass is 9.62. The SMILES string of the molecule is C=CCCOC(=O)[C@H]1[C@H]2C(=O)N(CCCCCCO)C(C(=O)N(CC=C)C(C)CCC)C23CC(C)[C@]1(C)O3. The van der Waals surface area contributed by atoms with Gasteiger partial charge in [-0.15, -0.1) is 13.2 Å². The summed E-state index contributed by atoms with van der Waals surface area (Å²) in [7, 11) is 0. The molecule has 1 N–H and O–H groups in total. The number of aliphatic hydroxyl groups is 1. The Labute approximate surface area is 228 Å². The maximum Gasteiger partial charge on any atom is 0.312 e. The second-order valence-corrected chi connectivity index (χ2v) is 11.5. The normalized spacial score (nSPS) is 32.2. The molecule has 0 saturated carbocycles. The van der Waals surface area contributed by atoms with Gasteiger partial charge in [-0.25, -0.2) is 0 Å². The lowest BCUT2D eigenvalue weighted by molar-refractivity contribution is -0.162. The second kappa shape index (κ2) is 12.8. The lowest BCUT2D eigenvalue weighted by Crippen LogP contribution is -2.58. The number of hydrogen-bond donors (Lipinski definition) is 1. The van der Waals surface area contributed by atoms with E-state index in [9.17, 15) is 14.4 Å². The first-order valence-electron chi connectivity index (χ1n) is 14.4. The minimum atomic E-state index is -1.07. The van der Waals surface area contributed by atoms with Crippen LogP contribution in [0.3, 0.4) is 0 Å². The molecule has 3 fully saturated rings. The van der Waals surface area contributed by atoms with Gasteiger partial charge in [-0.2, -0.15) is 0 Å². The van der Waals surface area contributed by atoms with Crippen molar-refractivity contribution in [3.8, 4) is 0 Å². The van der Waals surface area contributed by atoms with Gasteiger partial charge in [0, 0.05) is 25.7 Å². The van der Waals surface area contributed by atoms with Crippen LogP contribution in [0, 0.1) is 17.8 Å². The van der Waals surface area contributed by atoms with Gasteiger partial charge in [-0.3, -0.25) is 14.4 Å². The number of hydrogen-bond acceptors (Lipinski definition) is 6.